The van der Waals surface area contributed by atoms with Crippen molar-refractivity contribution >= 4 is 17.7 Å². The first-order valence-corrected chi connectivity index (χ1v) is 6.40. The van der Waals surface area contributed by atoms with Gasteiger partial charge in [-0.15, -0.1) is 0 Å². The van der Waals surface area contributed by atoms with Crippen LogP contribution in [0.3, 0.4) is 0 Å². The van der Waals surface area contributed by atoms with Gasteiger partial charge in [0, 0.05) is 11.8 Å². The average Bonchev–Trinajstić information content (AvgIpc) is 2.19. The van der Waals surface area contributed by atoms with Gasteiger partial charge in [-0.05, 0) is 32.4 Å². The zero-order valence-corrected chi connectivity index (χ0v) is 9.73. The van der Waals surface area contributed by atoms with Crippen molar-refractivity contribution in [1.29, 1.82) is 0 Å². The Balaban J connectivity index is 2.24. The maximum Gasteiger partial charge on any atom is 0.322 e. The Morgan fingerprint density at radius 3 is 3.07 bits per heavy atom. The Bertz CT molecular complexity index is 181. The van der Waals surface area contributed by atoms with Crippen molar-refractivity contribution in [3.8, 4) is 0 Å². The van der Waals surface area contributed by atoms with Gasteiger partial charge in [0.1, 0.15) is 6.04 Å². The Morgan fingerprint density at radius 1 is 1.71 bits per heavy atom. The van der Waals surface area contributed by atoms with Gasteiger partial charge in [0.15, 0.2) is 0 Å². The van der Waals surface area contributed by atoms with Crippen LogP contribution in [0.1, 0.15) is 26.7 Å². The third-order valence-electron chi connectivity index (χ3n) is 2.29. The molecule has 0 aliphatic carbocycles. The molecule has 1 aliphatic heterocycles. The van der Waals surface area contributed by atoms with E-state index in [0.29, 0.717) is 12.6 Å². The minimum atomic E-state index is -0.168. The lowest BCUT2D eigenvalue weighted by atomic mass is 10.1. The molecule has 4 heteroatoms. The second kappa shape index (κ2) is 6.30. The lowest BCUT2D eigenvalue weighted by Crippen LogP contribution is -2.44. The lowest BCUT2D eigenvalue weighted by molar-refractivity contribution is -0.145. The van der Waals surface area contributed by atoms with Gasteiger partial charge in [-0.2, -0.15) is 11.8 Å². The van der Waals surface area contributed by atoms with Crippen LogP contribution in [0.15, 0.2) is 0 Å². The molecule has 1 saturated heterocycles. The number of rotatable bonds is 4. The van der Waals surface area contributed by atoms with Crippen LogP contribution >= 0.6 is 11.8 Å². The molecule has 14 heavy (non-hydrogen) atoms. The number of hydrogen-bond acceptors (Lipinski definition) is 4. The van der Waals surface area contributed by atoms with Gasteiger partial charge in [-0.25, -0.2) is 0 Å². The summed E-state index contributed by atoms with van der Waals surface area (Å²) in [6, 6.07) is 0.312. The third-order valence-corrected chi connectivity index (χ3v) is 3.50. The fraction of sp³-hybridized carbons (Fsp3) is 0.900. The summed E-state index contributed by atoms with van der Waals surface area (Å²) in [6.45, 7) is 4.17. The van der Waals surface area contributed by atoms with Crippen molar-refractivity contribution in [2.75, 3.05) is 18.1 Å². The predicted molar refractivity (Wildman–Crippen MR) is 59.6 cm³/mol. The van der Waals surface area contributed by atoms with E-state index in [1.807, 2.05) is 25.6 Å². The third kappa shape index (κ3) is 3.88. The minimum Gasteiger partial charge on any atom is -0.465 e. The average molecular weight is 217 g/mol. The van der Waals surface area contributed by atoms with Crippen molar-refractivity contribution in [2.45, 2.75) is 38.8 Å². The molecule has 1 rings (SSSR count). The van der Waals surface area contributed by atoms with E-state index in [4.69, 9.17) is 4.74 Å². The molecule has 0 aromatic rings. The molecule has 1 aliphatic rings. The first-order valence-electron chi connectivity index (χ1n) is 5.24. The molecule has 0 saturated carbocycles. The molecule has 0 bridgehead atoms. The SMILES string of the molecule is CCOC(=O)C(C)NC1CCCSC1. The molecule has 1 N–H and O–H groups in total. The van der Waals surface area contributed by atoms with E-state index >= 15 is 0 Å². The Kier molecular flexibility index (Phi) is 5.33. The van der Waals surface area contributed by atoms with E-state index in [0.717, 1.165) is 5.75 Å². The van der Waals surface area contributed by atoms with Gasteiger partial charge >= 0.3 is 5.97 Å². The molecule has 2 unspecified atom stereocenters. The van der Waals surface area contributed by atoms with Crippen LogP contribution in [0, 0.1) is 0 Å². The topological polar surface area (TPSA) is 38.3 Å². The zero-order chi connectivity index (χ0) is 10.4. The second-order valence-electron chi connectivity index (χ2n) is 3.55. The maximum absolute atomic E-state index is 11.3. The van der Waals surface area contributed by atoms with Crippen molar-refractivity contribution in [1.82, 2.24) is 5.32 Å². The molecule has 2 atom stereocenters. The summed E-state index contributed by atoms with van der Waals surface area (Å²) in [7, 11) is 0. The standard InChI is InChI=1S/C10H19NO2S/c1-3-13-10(12)8(2)11-9-5-4-6-14-7-9/h8-9,11H,3-7H2,1-2H3. The lowest BCUT2D eigenvalue weighted by Gasteiger charge is -2.25. The normalized spacial score (nSPS) is 24.3. The van der Waals surface area contributed by atoms with Gasteiger partial charge < -0.3 is 10.1 Å². The molecular weight excluding hydrogens is 198 g/mol. The number of ether oxygens (including phenoxy) is 1. The van der Waals surface area contributed by atoms with E-state index < -0.39 is 0 Å². The summed E-state index contributed by atoms with van der Waals surface area (Å²) in [4.78, 5) is 11.3. The molecule has 3 nitrogen and oxygen atoms in total. The van der Waals surface area contributed by atoms with Crippen LogP contribution in [0.2, 0.25) is 0 Å². The summed E-state index contributed by atoms with van der Waals surface area (Å²) in [5.41, 5.74) is 0. The van der Waals surface area contributed by atoms with Gasteiger partial charge in [0.2, 0.25) is 0 Å². The van der Waals surface area contributed by atoms with Crippen molar-refractivity contribution in [2.24, 2.45) is 0 Å². The van der Waals surface area contributed by atoms with Crippen LogP contribution in [0.5, 0.6) is 0 Å². The number of carbonyl (C=O) groups excluding carboxylic acids is 1. The van der Waals surface area contributed by atoms with E-state index in [2.05, 4.69) is 5.32 Å². The quantitative estimate of drug-likeness (QED) is 0.723. The van der Waals surface area contributed by atoms with Crippen LogP contribution < -0.4 is 5.32 Å². The molecule has 0 aromatic heterocycles. The highest BCUT2D eigenvalue weighted by molar-refractivity contribution is 7.99. The molecular formula is C10H19NO2S. The number of esters is 1. The van der Waals surface area contributed by atoms with Crippen LogP contribution in [0.4, 0.5) is 0 Å². The summed E-state index contributed by atoms with van der Waals surface area (Å²) >= 11 is 1.96. The van der Waals surface area contributed by atoms with Crippen molar-refractivity contribution in [3.63, 3.8) is 0 Å². The number of carbonyl (C=O) groups is 1. The number of nitrogens with one attached hydrogen (secondary N) is 1. The zero-order valence-electron chi connectivity index (χ0n) is 8.91. The predicted octanol–water partition coefficient (Wildman–Crippen LogP) is 1.42. The van der Waals surface area contributed by atoms with Gasteiger partial charge in [0.25, 0.3) is 0 Å². The molecule has 0 radical (unpaired) electrons. The Morgan fingerprint density at radius 2 is 2.50 bits per heavy atom. The summed E-state index contributed by atoms with van der Waals surface area (Å²) in [5.74, 6) is 2.23. The molecule has 0 spiro atoms. The molecule has 82 valence electrons. The van der Waals surface area contributed by atoms with Gasteiger partial charge in [-0.3, -0.25) is 4.79 Å². The molecule has 0 aromatic carbocycles. The summed E-state index contributed by atoms with van der Waals surface area (Å²) < 4.78 is 4.94. The van der Waals surface area contributed by atoms with Crippen LogP contribution in [-0.2, 0) is 9.53 Å². The Hall–Kier alpha value is -0.220. The fourth-order valence-corrected chi connectivity index (χ4v) is 2.65. The van der Waals surface area contributed by atoms with Gasteiger partial charge in [0.05, 0.1) is 6.61 Å². The minimum absolute atomic E-state index is 0.136. The van der Waals surface area contributed by atoms with E-state index in [1.54, 1.807) is 0 Å². The Labute approximate surface area is 90.0 Å². The van der Waals surface area contributed by atoms with Crippen molar-refractivity contribution < 1.29 is 9.53 Å². The van der Waals surface area contributed by atoms with E-state index in [9.17, 15) is 4.79 Å². The second-order valence-corrected chi connectivity index (χ2v) is 4.70. The molecule has 1 fully saturated rings. The molecule has 1 heterocycles. The van der Waals surface area contributed by atoms with Crippen LogP contribution in [-0.4, -0.2) is 36.2 Å². The van der Waals surface area contributed by atoms with E-state index in [-0.39, 0.29) is 12.0 Å². The monoisotopic (exact) mass is 217 g/mol. The highest BCUT2D eigenvalue weighted by Gasteiger charge is 2.20. The smallest absolute Gasteiger partial charge is 0.322 e. The van der Waals surface area contributed by atoms with E-state index in [1.165, 1.54) is 18.6 Å². The maximum atomic E-state index is 11.3. The molecule has 0 amide bonds. The first kappa shape index (κ1) is 11.9. The first-order chi connectivity index (χ1) is 6.74. The van der Waals surface area contributed by atoms with Crippen LogP contribution in [0.25, 0.3) is 0 Å². The fourth-order valence-electron chi connectivity index (χ4n) is 1.56. The summed E-state index contributed by atoms with van der Waals surface area (Å²) in [6.07, 6.45) is 2.43. The number of thioether (sulfide) groups is 1. The highest BCUT2D eigenvalue weighted by Crippen LogP contribution is 2.17. The summed E-state index contributed by atoms with van der Waals surface area (Å²) in [5, 5.41) is 3.31. The number of hydrogen-bond donors (Lipinski definition) is 1. The highest BCUT2D eigenvalue weighted by atomic mass is 32.2. The van der Waals surface area contributed by atoms with Crippen molar-refractivity contribution in [3.05, 3.63) is 0 Å². The largest absolute Gasteiger partial charge is 0.465 e. The van der Waals surface area contributed by atoms with Gasteiger partial charge in [-0.1, -0.05) is 0 Å².